The molecule has 0 aliphatic heterocycles. The first-order chi connectivity index (χ1) is 3.83. The Labute approximate surface area is 55.3 Å². The van der Waals surface area contributed by atoms with E-state index in [0.717, 1.165) is 0 Å². The van der Waals surface area contributed by atoms with Gasteiger partial charge in [0.15, 0.2) is 3.95 Å². The van der Waals surface area contributed by atoms with Gasteiger partial charge in [0.25, 0.3) is 5.19 Å². The molecule has 0 saturated carbocycles. The van der Waals surface area contributed by atoms with Crippen LogP contribution in [-0.4, -0.2) is 17.3 Å². The van der Waals surface area contributed by atoms with Gasteiger partial charge in [0.1, 0.15) is 0 Å². The van der Waals surface area contributed by atoms with Crippen LogP contribution in [0.25, 0.3) is 0 Å². The predicted octanol–water partition coefficient (Wildman–Crippen LogP) is 1.21. The molecule has 1 N–H and O–H groups in total. The van der Waals surface area contributed by atoms with Crippen LogP contribution >= 0.6 is 23.6 Å². The molecule has 0 atom stereocenters. The fraction of sp³-hybridized carbons (Fsp3) is 0.333. The van der Waals surface area contributed by atoms with Gasteiger partial charge < -0.3 is 4.74 Å². The van der Waals surface area contributed by atoms with Crippen molar-refractivity contribution < 1.29 is 4.74 Å². The van der Waals surface area contributed by atoms with Gasteiger partial charge in [-0.05, 0) is 23.6 Å². The van der Waals surface area contributed by atoms with Crippen molar-refractivity contribution in [2.45, 2.75) is 0 Å². The standard InChI is InChI=1S/C3H4N2OS2/c1-6-2-4-5-3(7)8-2/h1H3,(H,5,7). The van der Waals surface area contributed by atoms with E-state index in [1.165, 1.54) is 11.3 Å². The lowest BCUT2D eigenvalue weighted by atomic mass is 11.4. The fourth-order valence-electron chi connectivity index (χ4n) is 0.304. The molecule has 0 saturated heterocycles. The molecule has 44 valence electrons. The van der Waals surface area contributed by atoms with Gasteiger partial charge in [0, 0.05) is 0 Å². The van der Waals surface area contributed by atoms with E-state index in [4.69, 9.17) is 17.0 Å². The van der Waals surface area contributed by atoms with E-state index < -0.39 is 0 Å². The highest BCUT2D eigenvalue weighted by atomic mass is 32.1. The van der Waals surface area contributed by atoms with Gasteiger partial charge in [-0.15, -0.1) is 5.10 Å². The zero-order valence-corrected chi connectivity index (χ0v) is 5.80. The molecule has 1 heterocycles. The van der Waals surface area contributed by atoms with Crippen molar-refractivity contribution in [1.82, 2.24) is 10.2 Å². The van der Waals surface area contributed by atoms with E-state index in [0.29, 0.717) is 9.15 Å². The zero-order valence-electron chi connectivity index (χ0n) is 4.17. The molecule has 1 rings (SSSR count). The summed E-state index contributed by atoms with van der Waals surface area (Å²) in [6.07, 6.45) is 0. The summed E-state index contributed by atoms with van der Waals surface area (Å²) in [5.41, 5.74) is 0. The molecule has 0 unspecified atom stereocenters. The van der Waals surface area contributed by atoms with Gasteiger partial charge in [-0.1, -0.05) is 0 Å². The minimum Gasteiger partial charge on any atom is -0.472 e. The average Bonchev–Trinajstić information content (AvgIpc) is 2.14. The van der Waals surface area contributed by atoms with Crippen molar-refractivity contribution in [1.29, 1.82) is 0 Å². The van der Waals surface area contributed by atoms with Crippen molar-refractivity contribution in [2.75, 3.05) is 7.11 Å². The number of nitrogens with zero attached hydrogens (tertiary/aromatic N) is 1. The van der Waals surface area contributed by atoms with Crippen LogP contribution in [0, 0.1) is 3.95 Å². The molecule has 0 aliphatic carbocycles. The third-order valence-corrected chi connectivity index (χ3v) is 1.64. The lowest BCUT2D eigenvalue weighted by Gasteiger charge is -1.82. The quantitative estimate of drug-likeness (QED) is 0.608. The smallest absolute Gasteiger partial charge is 0.292 e. The van der Waals surface area contributed by atoms with E-state index in [-0.39, 0.29) is 0 Å². The van der Waals surface area contributed by atoms with Gasteiger partial charge in [0.2, 0.25) is 0 Å². The molecule has 1 aromatic heterocycles. The second-order valence-corrected chi connectivity index (χ2v) is 2.71. The van der Waals surface area contributed by atoms with E-state index in [9.17, 15) is 0 Å². The van der Waals surface area contributed by atoms with Crippen molar-refractivity contribution in [3.05, 3.63) is 3.95 Å². The summed E-state index contributed by atoms with van der Waals surface area (Å²) in [5, 5.41) is 6.86. The molecular weight excluding hydrogens is 144 g/mol. The normalized spacial score (nSPS) is 9.12. The molecule has 3 nitrogen and oxygen atoms in total. The van der Waals surface area contributed by atoms with E-state index in [2.05, 4.69) is 10.2 Å². The van der Waals surface area contributed by atoms with Crippen LogP contribution in [0.5, 0.6) is 5.19 Å². The SMILES string of the molecule is COc1n[nH]c(=S)s1. The van der Waals surface area contributed by atoms with Gasteiger partial charge in [-0.2, -0.15) is 0 Å². The number of ether oxygens (including phenoxy) is 1. The number of hydrogen-bond acceptors (Lipinski definition) is 4. The maximum absolute atomic E-state index is 4.74. The molecule has 0 amide bonds. The Hall–Kier alpha value is -0.420. The second kappa shape index (κ2) is 2.23. The van der Waals surface area contributed by atoms with Gasteiger partial charge in [-0.25, -0.2) is 0 Å². The number of H-pyrrole nitrogens is 1. The molecule has 1 aromatic rings. The maximum Gasteiger partial charge on any atom is 0.292 e. The summed E-state index contributed by atoms with van der Waals surface area (Å²) in [5.74, 6) is 0. The van der Waals surface area contributed by atoms with Crippen LogP contribution in [0.3, 0.4) is 0 Å². The molecule has 0 radical (unpaired) electrons. The second-order valence-electron chi connectivity index (χ2n) is 1.08. The monoisotopic (exact) mass is 148 g/mol. The van der Waals surface area contributed by atoms with Crippen LogP contribution in [0.15, 0.2) is 0 Å². The van der Waals surface area contributed by atoms with Crippen molar-refractivity contribution >= 4 is 23.6 Å². The summed E-state index contributed by atoms with van der Waals surface area (Å²) >= 11 is 6.03. The number of aromatic nitrogens is 2. The summed E-state index contributed by atoms with van der Waals surface area (Å²) in [4.78, 5) is 0. The number of aromatic amines is 1. The Morgan fingerprint density at radius 1 is 1.88 bits per heavy atom. The first-order valence-corrected chi connectivity index (χ1v) is 3.15. The molecule has 0 aliphatic rings. The summed E-state index contributed by atoms with van der Waals surface area (Å²) in [7, 11) is 1.56. The third kappa shape index (κ3) is 1.05. The largest absolute Gasteiger partial charge is 0.472 e. The fourth-order valence-corrected chi connectivity index (χ4v) is 0.988. The number of methoxy groups -OCH3 is 1. The van der Waals surface area contributed by atoms with Crippen molar-refractivity contribution in [3.63, 3.8) is 0 Å². The van der Waals surface area contributed by atoms with Crippen LogP contribution in [0.2, 0.25) is 0 Å². The van der Waals surface area contributed by atoms with Gasteiger partial charge in [0.05, 0.1) is 7.11 Å². The lowest BCUT2D eigenvalue weighted by Crippen LogP contribution is -1.78. The number of rotatable bonds is 1. The van der Waals surface area contributed by atoms with E-state index in [1.54, 1.807) is 7.11 Å². The summed E-state index contributed by atoms with van der Waals surface area (Å²) in [6, 6.07) is 0. The molecular formula is C3H4N2OS2. The number of hydrogen-bond donors (Lipinski definition) is 1. The van der Waals surface area contributed by atoms with Crippen LogP contribution in [0.4, 0.5) is 0 Å². The minimum absolute atomic E-state index is 0.579. The predicted molar refractivity (Wildman–Crippen MR) is 33.9 cm³/mol. The Bertz CT molecular complexity index is 215. The Balaban J connectivity index is 3.01. The van der Waals surface area contributed by atoms with Crippen molar-refractivity contribution in [2.24, 2.45) is 0 Å². The minimum atomic E-state index is 0.579. The summed E-state index contributed by atoms with van der Waals surface area (Å²) in [6.45, 7) is 0. The molecule has 8 heavy (non-hydrogen) atoms. The third-order valence-electron chi connectivity index (χ3n) is 0.593. The molecule has 0 spiro atoms. The zero-order chi connectivity index (χ0) is 5.98. The topological polar surface area (TPSA) is 37.9 Å². The Morgan fingerprint density at radius 2 is 2.62 bits per heavy atom. The first kappa shape index (κ1) is 5.71. The molecule has 0 bridgehead atoms. The summed E-state index contributed by atoms with van der Waals surface area (Å²) < 4.78 is 5.39. The van der Waals surface area contributed by atoms with Crippen LogP contribution < -0.4 is 4.74 Å². The number of nitrogens with one attached hydrogen (secondary N) is 1. The Kier molecular flexibility index (Phi) is 1.59. The molecule has 5 heteroatoms. The average molecular weight is 148 g/mol. The van der Waals surface area contributed by atoms with Gasteiger partial charge in [-0.3, -0.25) is 5.10 Å². The maximum atomic E-state index is 4.74. The highest BCUT2D eigenvalue weighted by Gasteiger charge is 1.90. The Morgan fingerprint density at radius 3 is 2.88 bits per heavy atom. The molecule has 0 aromatic carbocycles. The van der Waals surface area contributed by atoms with Crippen LogP contribution in [-0.2, 0) is 0 Å². The lowest BCUT2D eigenvalue weighted by molar-refractivity contribution is 0.407. The van der Waals surface area contributed by atoms with E-state index in [1.807, 2.05) is 0 Å². The highest BCUT2D eigenvalue weighted by Crippen LogP contribution is 2.11. The highest BCUT2D eigenvalue weighted by molar-refractivity contribution is 7.73. The first-order valence-electron chi connectivity index (χ1n) is 1.92. The van der Waals surface area contributed by atoms with Crippen molar-refractivity contribution in [3.8, 4) is 5.19 Å². The van der Waals surface area contributed by atoms with E-state index >= 15 is 0 Å². The van der Waals surface area contributed by atoms with Crippen LogP contribution in [0.1, 0.15) is 0 Å². The molecule has 0 fully saturated rings. The van der Waals surface area contributed by atoms with Gasteiger partial charge >= 0.3 is 0 Å².